The fraction of sp³-hybridized carbons (Fsp3) is 0.379. The molecule has 2 heterocycles. The van der Waals surface area contributed by atoms with E-state index < -0.39 is 16.1 Å². The van der Waals surface area contributed by atoms with Crippen LogP contribution in [0, 0.1) is 5.92 Å². The number of nitrogens with one attached hydrogen (secondary N) is 1. The van der Waals surface area contributed by atoms with E-state index in [1.165, 1.54) is 25.3 Å². The Morgan fingerprint density at radius 3 is 2.52 bits per heavy atom. The van der Waals surface area contributed by atoms with E-state index in [0.717, 1.165) is 5.56 Å². The van der Waals surface area contributed by atoms with Crippen LogP contribution in [-0.4, -0.2) is 80.2 Å². The van der Waals surface area contributed by atoms with E-state index in [-0.39, 0.29) is 40.7 Å². The number of carbonyl (C=O) groups is 1. The summed E-state index contributed by atoms with van der Waals surface area (Å²) in [6.07, 6.45) is 3.25. The smallest absolute Gasteiger partial charge is 0.261 e. The molecule has 0 spiro atoms. The number of rotatable bonds is 10. The average molecular weight is 569 g/mol. The van der Waals surface area contributed by atoms with Gasteiger partial charge in [0.15, 0.2) is 0 Å². The molecule has 0 aliphatic carbocycles. The van der Waals surface area contributed by atoms with Gasteiger partial charge in [0.25, 0.3) is 15.9 Å². The van der Waals surface area contributed by atoms with E-state index in [2.05, 4.69) is 14.6 Å². The van der Waals surface area contributed by atoms with Gasteiger partial charge in [-0.2, -0.15) is 0 Å². The fourth-order valence-electron chi connectivity index (χ4n) is 4.64. The number of carbonyl (C=O) groups excluding carboxylic acids is 1. The molecule has 2 aromatic carbocycles. The largest absolute Gasteiger partial charge is 0.497 e. The second-order valence-electron chi connectivity index (χ2n) is 10.2. The number of hydrogen-bond acceptors (Lipinski definition) is 8. The molecule has 40 heavy (non-hydrogen) atoms. The molecule has 1 aliphatic heterocycles. The van der Waals surface area contributed by atoms with Crippen molar-refractivity contribution in [3.63, 3.8) is 0 Å². The summed E-state index contributed by atoms with van der Waals surface area (Å²) in [5.74, 6) is 0.522. The summed E-state index contributed by atoms with van der Waals surface area (Å²) >= 11 is 0. The van der Waals surface area contributed by atoms with Crippen molar-refractivity contribution in [2.45, 2.75) is 37.4 Å². The van der Waals surface area contributed by atoms with E-state index in [9.17, 15) is 18.3 Å². The highest BCUT2D eigenvalue weighted by atomic mass is 32.2. The Morgan fingerprint density at radius 2 is 1.88 bits per heavy atom. The number of aromatic nitrogens is 1. The number of aliphatic hydroxyl groups is 1. The number of benzene rings is 2. The van der Waals surface area contributed by atoms with Crippen LogP contribution in [0.4, 0.5) is 5.69 Å². The molecule has 10 nitrogen and oxygen atoms in total. The number of aliphatic hydroxyl groups excluding tert-OH is 1. The van der Waals surface area contributed by atoms with E-state index in [0.29, 0.717) is 31.1 Å². The summed E-state index contributed by atoms with van der Waals surface area (Å²) in [6.45, 7) is 5.26. The van der Waals surface area contributed by atoms with Crippen molar-refractivity contribution in [2.24, 2.45) is 5.92 Å². The SMILES string of the molecule is COc1ccc(S(=O)(=O)Nc2ccc3c(c2)C(=O)N([C@H](C)CO)C[C@H](C)[C@@H](CN(C)Cc2ccncc2)O3)cc1. The predicted molar refractivity (Wildman–Crippen MR) is 152 cm³/mol. The molecule has 2 N–H and O–H groups in total. The highest BCUT2D eigenvalue weighted by Crippen LogP contribution is 2.31. The first-order valence-electron chi connectivity index (χ1n) is 13.1. The van der Waals surface area contributed by atoms with Gasteiger partial charge in [0.2, 0.25) is 0 Å². The zero-order valence-corrected chi connectivity index (χ0v) is 24.0. The number of ether oxygens (including phenoxy) is 2. The summed E-state index contributed by atoms with van der Waals surface area (Å²) < 4.78 is 40.2. The van der Waals surface area contributed by atoms with Crippen LogP contribution in [0.15, 0.2) is 71.9 Å². The summed E-state index contributed by atoms with van der Waals surface area (Å²) in [6, 6.07) is 14.2. The van der Waals surface area contributed by atoms with Gasteiger partial charge in [0, 0.05) is 43.6 Å². The summed E-state index contributed by atoms with van der Waals surface area (Å²) in [5.41, 5.74) is 1.57. The van der Waals surface area contributed by atoms with Crippen LogP contribution >= 0.6 is 0 Å². The number of hydrogen-bond donors (Lipinski definition) is 2. The number of fused-ring (bicyclic) bond motifs is 1. The Kier molecular flexibility index (Phi) is 9.28. The van der Waals surface area contributed by atoms with Crippen LogP contribution in [0.1, 0.15) is 29.8 Å². The van der Waals surface area contributed by atoms with Crippen LogP contribution in [0.25, 0.3) is 0 Å². The van der Waals surface area contributed by atoms with Gasteiger partial charge in [-0.3, -0.25) is 19.4 Å². The molecule has 0 bridgehead atoms. The molecule has 3 aromatic rings. The van der Waals surface area contributed by atoms with Crippen molar-refractivity contribution >= 4 is 21.6 Å². The summed E-state index contributed by atoms with van der Waals surface area (Å²) in [5, 5.41) is 9.91. The molecule has 3 atom stereocenters. The molecule has 0 radical (unpaired) electrons. The first-order chi connectivity index (χ1) is 19.1. The summed E-state index contributed by atoms with van der Waals surface area (Å²) in [4.78, 5) is 21.6. The highest BCUT2D eigenvalue weighted by molar-refractivity contribution is 7.92. The molecule has 214 valence electrons. The lowest BCUT2D eigenvalue weighted by Gasteiger charge is -2.38. The minimum absolute atomic E-state index is 0.0424. The predicted octanol–water partition coefficient (Wildman–Crippen LogP) is 3.24. The number of anilines is 1. The third-order valence-electron chi connectivity index (χ3n) is 6.98. The normalized spacial score (nSPS) is 18.4. The molecule has 4 rings (SSSR count). The first kappa shape index (κ1) is 29.3. The minimum atomic E-state index is -3.92. The lowest BCUT2D eigenvalue weighted by molar-refractivity contribution is 0.0341. The highest BCUT2D eigenvalue weighted by Gasteiger charge is 2.33. The number of sulfonamides is 1. The molecule has 0 fully saturated rings. The van der Waals surface area contributed by atoms with Crippen molar-refractivity contribution in [3.05, 3.63) is 78.1 Å². The Hall–Kier alpha value is -3.67. The van der Waals surface area contributed by atoms with Crippen molar-refractivity contribution < 1.29 is 27.8 Å². The maximum atomic E-state index is 13.7. The van der Waals surface area contributed by atoms with Gasteiger partial charge in [-0.1, -0.05) is 6.92 Å². The van der Waals surface area contributed by atoms with Gasteiger partial charge in [0.1, 0.15) is 17.6 Å². The fourth-order valence-corrected chi connectivity index (χ4v) is 5.69. The van der Waals surface area contributed by atoms with Gasteiger partial charge in [-0.25, -0.2) is 8.42 Å². The molecule has 0 unspecified atom stereocenters. The zero-order valence-electron chi connectivity index (χ0n) is 23.1. The lowest BCUT2D eigenvalue weighted by atomic mass is 9.99. The molecule has 0 saturated carbocycles. The molecule has 0 saturated heterocycles. The number of nitrogens with zero attached hydrogens (tertiary/aromatic N) is 3. The van der Waals surface area contributed by atoms with Gasteiger partial charge >= 0.3 is 0 Å². The van der Waals surface area contributed by atoms with Crippen molar-refractivity contribution in [1.82, 2.24) is 14.8 Å². The van der Waals surface area contributed by atoms with Crippen LogP contribution in [0.5, 0.6) is 11.5 Å². The Morgan fingerprint density at radius 1 is 1.18 bits per heavy atom. The maximum absolute atomic E-state index is 13.7. The average Bonchev–Trinajstić information content (AvgIpc) is 2.95. The number of likely N-dealkylation sites (N-methyl/N-ethyl adjacent to an activating group) is 1. The van der Waals surface area contributed by atoms with Crippen LogP contribution in [0.2, 0.25) is 0 Å². The van der Waals surface area contributed by atoms with Crippen LogP contribution in [0.3, 0.4) is 0 Å². The molecule has 11 heteroatoms. The zero-order chi connectivity index (χ0) is 28.9. The van der Waals surface area contributed by atoms with E-state index in [1.54, 1.807) is 48.5 Å². The van der Waals surface area contributed by atoms with E-state index in [4.69, 9.17) is 9.47 Å². The molecular weight excluding hydrogens is 532 g/mol. The number of amides is 1. The monoisotopic (exact) mass is 568 g/mol. The van der Waals surface area contributed by atoms with Crippen molar-refractivity contribution in [3.8, 4) is 11.5 Å². The van der Waals surface area contributed by atoms with Crippen molar-refractivity contribution in [2.75, 3.05) is 38.6 Å². The van der Waals surface area contributed by atoms with Gasteiger partial charge in [0.05, 0.1) is 30.2 Å². The standard InChI is InChI=1S/C29H36N4O6S/c1-20-16-33(21(2)19-34)29(35)26-15-23(31-40(36,37)25-8-6-24(38-4)7-9-25)5-10-27(26)39-28(20)18-32(3)17-22-11-13-30-14-12-22/h5-15,20-21,28,31,34H,16-19H2,1-4H3/t20-,21+,28+/m0/s1. The Balaban J connectivity index is 1.62. The first-order valence-corrected chi connectivity index (χ1v) is 14.6. The van der Waals surface area contributed by atoms with E-state index in [1.807, 2.05) is 26.1 Å². The molecule has 1 aliphatic rings. The Bertz CT molecular complexity index is 1400. The number of methoxy groups -OCH3 is 1. The second kappa shape index (κ2) is 12.7. The van der Waals surface area contributed by atoms with Crippen molar-refractivity contribution in [1.29, 1.82) is 0 Å². The van der Waals surface area contributed by atoms with Crippen LogP contribution in [-0.2, 0) is 16.6 Å². The molecule has 1 aromatic heterocycles. The minimum Gasteiger partial charge on any atom is -0.497 e. The lowest BCUT2D eigenvalue weighted by Crippen LogP contribution is -2.49. The third kappa shape index (κ3) is 6.90. The van der Waals surface area contributed by atoms with Gasteiger partial charge in [-0.15, -0.1) is 0 Å². The summed E-state index contributed by atoms with van der Waals surface area (Å²) in [7, 11) is -0.410. The topological polar surface area (TPSA) is 121 Å². The quantitative estimate of drug-likeness (QED) is 0.382. The molecule has 1 amide bonds. The second-order valence-corrected chi connectivity index (χ2v) is 11.8. The van der Waals surface area contributed by atoms with Crippen LogP contribution < -0.4 is 14.2 Å². The Labute approximate surface area is 235 Å². The van der Waals surface area contributed by atoms with Gasteiger partial charge in [-0.05, 0) is 74.1 Å². The van der Waals surface area contributed by atoms with Gasteiger partial charge < -0.3 is 19.5 Å². The molecular formula is C29H36N4O6S. The maximum Gasteiger partial charge on any atom is 0.261 e. The third-order valence-corrected chi connectivity index (χ3v) is 8.38. The van der Waals surface area contributed by atoms with E-state index >= 15 is 0 Å². The number of pyridine rings is 1.